The lowest BCUT2D eigenvalue weighted by atomic mass is 10.00. The van der Waals surface area contributed by atoms with E-state index in [-0.39, 0.29) is 0 Å². The van der Waals surface area contributed by atoms with Gasteiger partial charge in [-0.05, 0) is 37.4 Å². The molecular weight excluding hydrogens is 290 g/mol. The fourth-order valence-electron chi connectivity index (χ4n) is 2.30. The first-order valence-corrected chi connectivity index (χ1v) is 7.60. The fraction of sp³-hybridized carbons (Fsp3) is 0.600. The Hall–Kier alpha value is -0.540. The molecular formula is C15H22BrNO. The van der Waals surface area contributed by atoms with Crippen molar-refractivity contribution in [3.8, 4) is 5.75 Å². The molecule has 1 aliphatic carbocycles. The zero-order valence-corrected chi connectivity index (χ0v) is 12.8. The van der Waals surface area contributed by atoms with Crippen molar-refractivity contribution in [1.82, 2.24) is 5.32 Å². The van der Waals surface area contributed by atoms with Gasteiger partial charge in [0.25, 0.3) is 0 Å². The van der Waals surface area contributed by atoms with Crippen LogP contribution in [0.5, 0.6) is 5.75 Å². The van der Waals surface area contributed by atoms with Crippen LogP contribution in [0.15, 0.2) is 22.7 Å². The number of methoxy groups -OCH3 is 1. The van der Waals surface area contributed by atoms with E-state index in [1.54, 1.807) is 7.11 Å². The lowest BCUT2D eigenvalue weighted by molar-refractivity contribution is 0.390. The highest BCUT2D eigenvalue weighted by atomic mass is 79.9. The molecule has 1 aromatic carbocycles. The van der Waals surface area contributed by atoms with E-state index in [1.165, 1.54) is 31.2 Å². The Balaban J connectivity index is 2.16. The van der Waals surface area contributed by atoms with Gasteiger partial charge in [0.1, 0.15) is 5.75 Å². The summed E-state index contributed by atoms with van der Waals surface area (Å²) in [5.41, 5.74) is 1.29. The van der Waals surface area contributed by atoms with E-state index < -0.39 is 0 Å². The molecule has 1 aromatic rings. The van der Waals surface area contributed by atoms with E-state index in [0.29, 0.717) is 6.04 Å². The molecule has 1 atom stereocenters. The molecule has 18 heavy (non-hydrogen) atoms. The van der Waals surface area contributed by atoms with Gasteiger partial charge in [0, 0.05) is 16.1 Å². The first kappa shape index (κ1) is 13.9. The molecule has 0 aliphatic heterocycles. The summed E-state index contributed by atoms with van der Waals surface area (Å²) in [7, 11) is 1.75. The first-order chi connectivity index (χ1) is 8.74. The molecule has 0 spiro atoms. The van der Waals surface area contributed by atoms with Gasteiger partial charge >= 0.3 is 0 Å². The first-order valence-electron chi connectivity index (χ1n) is 6.81. The van der Waals surface area contributed by atoms with E-state index in [1.807, 2.05) is 0 Å². The average Bonchev–Trinajstić information content (AvgIpc) is 3.18. The minimum atomic E-state index is 0.431. The van der Waals surface area contributed by atoms with Crippen LogP contribution < -0.4 is 10.1 Å². The number of halogens is 1. The summed E-state index contributed by atoms with van der Waals surface area (Å²) in [5.74, 6) is 1.89. The number of hydrogen-bond donors (Lipinski definition) is 1. The second-order valence-electron chi connectivity index (χ2n) is 5.07. The van der Waals surface area contributed by atoms with Gasteiger partial charge in [-0.3, -0.25) is 0 Å². The fourth-order valence-corrected chi connectivity index (χ4v) is 2.64. The van der Waals surface area contributed by atoms with Crippen molar-refractivity contribution >= 4 is 15.9 Å². The second-order valence-corrected chi connectivity index (χ2v) is 5.99. The summed E-state index contributed by atoms with van der Waals surface area (Å²) in [6.45, 7) is 3.27. The van der Waals surface area contributed by atoms with Crippen molar-refractivity contribution in [2.75, 3.05) is 13.7 Å². The van der Waals surface area contributed by atoms with E-state index in [0.717, 1.165) is 22.7 Å². The minimum Gasteiger partial charge on any atom is -0.496 e. The zero-order chi connectivity index (χ0) is 13.0. The van der Waals surface area contributed by atoms with Crippen LogP contribution in [0, 0.1) is 5.92 Å². The Kier molecular flexibility index (Phi) is 5.07. The normalized spacial score (nSPS) is 16.6. The van der Waals surface area contributed by atoms with Gasteiger partial charge < -0.3 is 10.1 Å². The van der Waals surface area contributed by atoms with Gasteiger partial charge in [0.05, 0.1) is 7.11 Å². The van der Waals surface area contributed by atoms with Crippen LogP contribution in [0.1, 0.15) is 44.2 Å². The maximum absolute atomic E-state index is 5.52. The topological polar surface area (TPSA) is 21.3 Å². The summed E-state index contributed by atoms with van der Waals surface area (Å²) < 4.78 is 6.59. The molecule has 0 radical (unpaired) electrons. The number of ether oxygens (including phenoxy) is 1. The average molecular weight is 312 g/mol. The van der Waals surface area contributed by atoms with Crippen molar-refractivity contribution in [2.45, 2.75) is 38.6 Å². The predicted octanol–water partition coefficient (Wildman–Crippen LogP) is 4.30. The highest BCUT2D eigenvalue weighted by molar-refractivity contribution is 9.10. The van der Waals surface area contributed by atoms with E-state index in [2.05, 4.69) is 46.4 Å². The van der Waals surface area contributed by atoms with Crippen molar-refractivity contribution in [3.05, 3.63) is 28.2 Å². The lowest BCUT2D eigenvalue weighted by Crippen LogP contribution is -2.23. The van der Waals surface area contributed by atoms with Crippen molar-refractivity contribution < 1.29 is 4.74 Å². The summed E-state index contributed by atoms with van der Waals surface area (Å²) in [6.07, 6.45) is 5.18. The van der Waals surface area contributed by atoms with E-state index >= 15 is 0 Å². The predicted molar refractivity (Wildman–Crippen MR) is 79.1 cm³/mol. The summed E-state index contributed by atoms with van der Waals surface area (Å²) >= 11 is 3.50. The van der Waals surface area contributed by atoms with Gasteiger partial charge in [-0.15, -0.1) is 0 Å². The molecule has 1 saturated carbocycles. The van der Waals surface area contributed by atoms with Gasteiger partial charge in [-0.25, -0.2) is 0 Å². The minimum absolute atomic E-state index is 0.431. The maximum atomic E-state index is 5.52. The standard InChI is InChI=1S/C15H22BrNO/c1-3-8-17-14(9-11-4-5-11)13-7-6-12(16)10-15(13)18-2/h6-7,10-11,14,17H,3-5,8-9H2,1-2H3. The second kappa shape index (κ2) is 6.58. The third kappa shape index (κ3) is 3.72. The quantitative estimate of drug-likeness (QED) is 0.810. The molecule has 0 aromatic heterocycles. The molecule has 2 rings (SSSR count). The van der Waals surface area contributed by atoms with Crippen LogP contribution in [0.3, 0.4) is 0 Å². The third-order valence-electron chi connectivity index (χ3n) is 3.48. The summed E-state index contributed by atoms with van der Waals surface area (Å²) in [4.78, 5) is 0. The lowest BCUT2D eigenvalue weighted by Gasteiger charge is -2.21. The van der Waals surface area contributed by atoms with Crippen molar-refractivity contribution in [2.24, 2.45) is 5.92 Å². The van der Waals surface area contributed by atoms with Crippen LogP contribution >= 0.6 is 15.9 Å². The molecule has 0 saturated heterocycles. The van der Waals surface area contributed by atoms with E-state index in [4.69, 9.17) is 4.74 Å². The molecule has 1 unspecified atom stereocenters. The third-order valence-corrected chi connectivity index (χ3v) is 3.97. The Morgan fingerprint density at radius 1 is 1.44 bits per heavy atom. The molecule has 1 fully saturated rings. The van der Waals surface area contributed by atoms with Crippen LogP contribution in [-0.4, -0.2) is 13.7 Å². The molecule has 0 bridgehead atoms. The SMILES string of the molecule is CCCNC(CC1CC1)c1ccc(Br)cc1OC. The smallest absolute Gasteiger partial charge is 0.124 e. The van der Waals surface area contributed by atoms with Gasteiger partial charge in [-0.1, -0.05) is 41.8 Å². The molecule has 1 N–H and O–H groups in total. The number of rotatable bonds is 7. The number of benzene rings is 1. The van der Waals surface area contributed by atoms with Gasteiger partial charge in [-0.2, -0.15) is 0 Å². The van der Waals surface area contributed by atoms with Gasteiger partial charge in [0.2, 0.25) is 0 Å². The van der Waals surface area contributed by atoms with Crippen molar-refractivity contribution in [3.63, 3.8) is 0 Å². The number of nitrogens with one attached hydrogen (secondary N) is 1. The molecule has 1 aliphatic rings. The van der Waals surface area contributed by atoms with Crippen LogP contribution in [0.25, 0.3) is 0 Å². The Morgan fingerprint density at radius 3 is 2.83 bits per heavy atom. The monoisotopic (exact) mass is 311 g/mol. The Bertz CT molecular complexity index is 390. The zero-order valence-electron chi connectivity index (χ0n) is 11.2. The van der Waals surface area contributed by atoms with Gasteiger partial charge in [0.15, 0.2) is 0 Å². The number of hydrogen-bond acceptors (Lipinski definition) is 2. The van der Waals surface area contributed by atoms with Crippen LogP contribution in [0.2, 0.25) is 0 Å². The molecule has 3 heteroatoms. The molecule has 100 valence electrons. The van der Waals surface area contributed by atoms with Crippen molar-refractivity contribution in [1.29, 1.82) is 0 Å². The molecule has 0 heterocycles. The highest BCUT2D eigenvalue weighted by Crippen LogP contribution is 2.40. The summed E-state index contributed by atoms with van der Waals surface area (Å²) in [5, 5.41) is 3.66. The highest BCUT2D eigenvalue weighted by Gasteiger charge is 2.27. The molecule has 2 nitrogen and oxygen atoms in total. The van der Waals surface area contributed by atoms with E-state index in [9.17, 15) is 0 Å². The largest absolute Gasteiger partial charge is 0.496 e. The Labute approximate surface area is 118 Å². The molecule has 0 amide bonds. The van der Waals surface area contributed by atoms with Crippen LogP contribution in [0.4, 0.5) is 0 Å². The maximum Gasteiger partial charge on any atom is 0.124 e. The Morgan fingerprint density at radius 2 is 2.22 bits per heavy atom. The summed E-state index contributed by atoms with van der Waals surface area (Å²) in [6, 6.07) is 6.77. The van der Waals surface area contributed by atoms with Crippen LogP contribution in [-0.2, 0) is 0 Å².